The Labute approximate surface area is 166 Å². The van der Waals surface area contributed by atoms with Crippen LogP contribution in [0.15, 0.2) is 46.6 Å². The van der Waals surface area contributed by atoms with E-state index < -0.39 is 8.32 Å². The molecule has 148 valence electrons. The molecule has 0 radical (unpaired) electrons. The number of allylic oxidation sites excluding steroid dienone is 6. The molecule has 0 amide bonds. The van der Waals surface area contributed by atoms with Crippen LogP contribution in [0.5, 0.6) is 0 Å². The van der Waals surface area contributed by atoms with Crippen LogP contribution in [0.3, 0.4) is 0 Å². The number of rotatable bonds is 6. The molecule has 0 saturated carbocycles. The molecule has 0 bridgehead atoms. The molecule has 3 nitrogen and oxygen atoms in total. The molecule has 2 aliphatic carbocycles. The fourth-order valence-corrected chi connectivity index (χ4v) is 5.15. The molecule has 3 rings (SSSR count). The van der Waals surface area contributed by atoms with Crippen LogP contribution in [-0.4, -0.2) is 24.7 Å². The zero-order chi connectivity index (χ0) is 20.6. The van der Waals surface area contributed by atoms with E-state index in [0.717, 1.165) is 27.9 Å². The van der Waals surface area contributed by atoms with E-state index in [4.69, 9.17) is 0 Å². The van der Waals surface area contributed by atoms with E-state index in [-0.39, 0.29) is 17.4 Å². The first-order valence-electron chi connectivity index (χ1n) is 9.76. The summed E-state index contributed by atoms with van der Waals surface area (Å²) in [5.74, 6) is -0.253. The maximum Gasteiger partial charge on any atom is 0.182 e. The maximum absolute atomic E-state index is 13.7. The van der Waals surface area contributed by atoms with Gasteiger partial charge < -0.3 is 4.80 Å². The largest absolute Gasteiger partial charge is 0.432 e. The van der Waals surface area contributed by atoms with E-state index in [1.807, 2.05) is 33.0 Å². The average Bonchev–Trinajstić information content (AvgIpc) is 3.03. The topological polar surface area (TPSA) is 54.4 Å². The molecule has 0 saturated heterocycles. The second-order valence-corrected chi connectivity index (χ2v) is 12.7. The van der Waals surface area contributed by atoms with Crippen molar-refractivity contribution in [2.45, 2.75) is 58.7 Å². The Morgan fingerprint density at radius 1 is 1.25 bits per heavy atom. The summed E-state index contributed by atoms with van der Waals surface area (Å²) in [6.07, 6.45) is 3.90. The first-order valence-corrected chi connectivity index (χ1v) is 12.9. The maximum atomic E-state index is 13.7. The summed E-state index contributed by atoms with van der Waals surface area (Å²) in [7, 11) is -2.14. The van der Waals surface area contributed by atoms with Gasteiger partial charge in [0, 0.05) is 24.0 Å². The van der Waals surface area contributed by atoms with Crippen molar-refractivity contribution >= 4 is 25.5 Å². The Bertz CT molecular complexity index is 945. The van der Waals surface area contributed by atoms with E-state index in [1.165, 1.54) is 12.1 Å². The van der Waals surface area contributed by atoms with Gasteiger partial charge in [0.25, 0.3) is 0 Å². The van der Waals surface area contributed by atoms with Gasteiger partial charge in [0.05, 0.1) is 0 Å². The van der Waals surface area contributed by atoms with Crippen LogP contribution in [0.25, 0.3) is 5.57 Å². The number of hydrogen-bond acceptors (Lipinski definition) is 3. The van der Waals surface area contributed by atoms with Gasteiger partial charge in [-0.25, -0.2) is 4.39 Å². The lowest BCUT2D eigenvalue weighted by molar-refractivity contribution is -0.115. The Balaban J connectivity index is 1.83. The van der Waals surface area contributed by atoms with Gasteiger partial charge in [0.2, 0.25) is 0 Å². The zero-order valence-corrected chi connectivity index (χ0v) is 18.0. The molecule has 0 aliphatic heterocycles. The van der Waals surface area contributed by atoms with Crippen LogP contribution < -0.4 is 0 Å². The molecule has 0 atom stereocenters. The Morgan fingerprint density at radius 3 is 2.64 bits per heavy atom. The van der Waals surface area contributed by atoms with Gasteiger partial charge >= 0.3 is 0 Å². The third-order valence-electron chi connectivity index (χ3n) is 5.54. The minimum atomic E-state index is -2.14. The van der Waals surface area contributed by atoms with E-state index in [9.17, 15) is 18.8 Å². The summed E-state index contributed by atoms with van der Waals surface area (Å²) in [6, 6.07) is 5.18. The van der Waals surface area contributed by atoms with Crippen LogP contribution in [0.4, 0.5) is 4.39 Å². The quantitative estimate of drug-likeness (QED) is 0.547. The van der Waals surface area contributed by atoms with Crippen LogP contribution in [-0.2, 0) is 16.0 Å². The second-order valence-electron chi connectivity index (χ2n) is 8.53. The molecule has 0 unspecified atom stereocenters. The molecule has 28 heavy (non-hydrogen) atoms. The second kappa shape index (κ2) is 7.72. The summed E-state index contributed by atoms with van der Waals surface area (Å²) in [5, 5.41) is 0. The van der Waals surface area contributed by atoms with Gasteiger partial charge in [-0.3, -0.25) is 9.59 Å². The molecule has 0 heterocycles. The van der Waals surface area contributed by atoms with Gasteiger partial charge in [-0.2, -0.15) is 0 Å². The van der Waals surface area contributed by atoms with Crippen molar-refractivity contribution in [3.05, 3.63) is 63.5 Å². The predicted octanol–water partition coefficient (Wildman–Crippen LogP) is 4.92. The lowest BCUT2D eigenvalue weighted by Crippen LogP contribution is -2.24. The smallest absolute Gasteiger partial charge is 0.182 e. The highest BCUT2D eigenvalue weighted by atomic mass is 28.4. The van der Waals surface area contributed by atoms with Gasteiger partial charge in [-0.1, -0.05) is 11.6 Å². The summed E-state index contributed by atoms with van der Waals surface area (Å²) in [4.78, 5) is 35.2. The van der Waals surface area contributed by atoms with Crippen molar-refractivity contribution < 1.29 is 18.8 Å². The highest BCUT2D eigenvalue weighted by Gasteiger charge is 2.28. The van der Waals surface area contributed by atoms with Gasteiger partial charge in [-0.05, 0) is 86.3 Å². The summed E-state index contributed by atoms with van der Waals surface area (Å²) < 4.78 is 13.7. The molecule has 1 aromatic rings. The number of benzene rings is 1. The Hall–Kier alpha value is -2.11. The van der Waals surface area contributed by atoms with Crippen molar-refractivity contribution in [1.82, 2.24) is 0 Å². The highest BCUT2D eigenvalue weighted by molar-refractivity contribution is 6.69. The number of halogens is 1. The van der Waals surface area contributed by atoms with Crippen LogP contribution >= 0.6 is 0 Å². The van der Waals surface area contributed by atoms with Gasteiger partial charge in [0.15, 0.2) is 19.9 Å². The summed E-state index contributed by atoms with van der Waals surface area (Å²) in [6.45, 7) is 7.64. The predicted molar refractivity (Wildman–Crippen MR) is 112 cm³/mol. The molecule has 5 heteroatoms. The third kappa shape index (κ3) is 4.31. The molecule has 2 aliphatic rings. The van der Waals surface area contributed by atoms with E-state index in [2.05, 4.69) is 0 Å². The van der Waals surface area contributed by atoms with Crippen molar-refractivity contribution in [1.29, 1.82) is 0 Å². The Kier molecular flexibility index (Phi) is 5.68. The van der Waals surface area contributed by atoms with Crippen LogP contribution in [0.2, 0.25) is 19.1 Å². The number of hydrogen-bond donors (Lipinski definition) is 1. The molecule has 0 aromatic heterocycles. The fourth-order valence-electron chi connectivity index (χ4n) is 4.10. The molecule has 0 fully saturated rings. The normalized spacial score (nSPS) is 18.5. The Morgan fingerprint density at radius 2 is 1.96 bits per heavy atom. The third-order valence-corrected chi connectivity index (χ3v) is 7.12. The lowest BCUT2D eigenvalue weighted by atomic mass is 9.98. The van der Waals surface area contributed by atoms with Gasteiger partial charge in [-0.15, -0.1) is 0 Å². The minimum absolute atomic E-state index is 0.00605. The van der Waals surface area contributed by atoms with Crippen molar-refractivity contribution in [3.63, 3.8) is 0 Å². The number of fused-ring (bicyclic) bond motifs is 1. The SMILES string of the molecule is CC1=C(C(=O)CCC[Si](C)(C)O)C(C)=C(/C=C2\C(=O)Cc3ccc(F)cc32)C1. The number of Topliss-reactive ketones (excluding diaryl/α,β-unsaturated/α-hetero) is 2. The number of ketones is 2. The lowest BCUT2D eigenvalue weighted by Gasteiger charge is -2.13. The van der Waals surface area contributed by atoms with E-state index in [1.54, 1.807) is 6.07 Å². The van der Waals surface area contributed by atoms with Crippen LogP contribution in [0.1, 0.15) is 44.2 Å². The first-order chi connectivity index (χ1) is 13.1. The van der Waals surface area contributed by atoms with Crippen molar-refractivity contribution in [2.75, 3.05) is 0 Å². The number of carbonyl (C=O) groups excluding carboxylic acids is 2. The highest BCUT2D eigenvalue weighted by Crippen LogP contribution is 2.38. The van der Waals surface area contributed by atoms with Crippen LogP contribution in [0, 0.1) is 5.82 Å². The molecular formula is C23H27FO3Si. The van der Waals surface area contributed by atoms with Gasteiger partial charge in [0.1, 0.15) is 5.82 Å². The number of carbonyl (C=O) groups is 2. The average molecular weight is 399 g/mol. The minimum Gasteiger partial charge on any atom is -0.432 e. The molecule has 1 N–H and O–H groups in total. The monoisotopic (exact) mass is 398 g/mol. The molecule has 0 spiro atoms. The van der Waals surface area contributed by atoms with Crippen molar-refractivity contribution in [2.24, 2.45) is 0 Å². The summed E-state index contributed by atoms with van der Waals surface area (Å²) >= 11 is 0. The molecule has 1 aromatic carbocycles. The first kappa shape index (κ1) is 20.6. The van der Waals surface area contributed by atoms with Crippen molar-refractivity contribution in [3.8, 4) is 0 Å². The van der Waals surface area contributed by atoms with E-state index >= 15 is 0 Å². The summed E-state index contributed by atoms with van der Waals surface area (Å²) in [5.41, 5.74) is 5.70. The standard InChI is InChI=1S/C23H27FO3Si/c1-14-10-17(15(2)23(14)21(25)6-5-9-28(3,4)27)11-20-19-13-18(24)8-7-16(19)12-22(20)26/h7-8,11,13,27H,5-6,9-10,12H2,1-4H3/b20-11-. The zero-order valence-electron chi connectivity index (χ0n) is 17.0. The fraction of sp³-hybridized carbons (Fsp3) is 0.391. The van der Waals surface area contributed by atoms with E-state index in [0.29, 0.717) is 42.9 Å². The molecular weight excluding hydrogens is 371 g/mol.